The van der Waals surface area contributed by atoms with Crippen LogP contribution in [0.4, 0.5) is 0 Å². The van der Waals surface area contributed by atoms with Gasteiger partial charge in [-0.2, -0.15) is 5.21 Å². The second kappa shape index (κ2) is 11.4. The largest absolute Gasteiger partial charge is 0.467 e. The first kappa shape index (κ1) is 27.1. The molecule has 10 nitrogen and oxygen atoms in total. The van der Waals surface area contributed by atoms with Gasteiger partial charge in [0.25, 0.3) is 5.56 Å². The van der Waals surface area contributed by atoms with Gasteiger partial charge in [-0.3, -0.25) is 9.48 Å². The zero-order chi connectivity index (χ0) is 28.4. The molecular weight excluding hydrogens is 520 g/mol. The normalized spacial score (nSPS) is 19.3. The Bertz CT molecular complexity index is 1560. The van der Waals surface area contributed by atoms with Crippen molar-refractivity contribution in [3.8, 4) is 22.5 Å². The first-order valence-corrected chi connectivity index (χ1v) is 14.5. The molecule has 0 radical (unpaired) electrons. The fourth-order valence-corrected chi connectivity index (χ4v) is 6.62. The standard InChI is InChI=1S/C31H36N6O4/c1-3-4-9-27-26(30(39)37-31(20-41-19-28(38)40-2)16-14-23(15-17-31)36(27)37)18-21-10-12-22(13-11-21)24-7-5-6-8-25(24)29-32-34-35-33-29/h5-8,10-13,23H,3-4,9,14-20H2,1-2H3,(H,32,33,34,35). The highest BCUT2D eigenvalue weighted by molar-refractivity contribution is 5.80. The lowest BCUT2D eigenvalue weighted by Crippen LogP contribution is -2.55. The Morgan fingerprint density at radius 1 is 1.10 bits per heavy atom. The summed E-state index contributed by atoms with van der Waals surface area (Å²) in [5, 5.41) is 14.6. The number of tetrazole rings is 1. The SMILES string of the molecule is CCCCc1c(Cc2ccc(-c3ccccc3-c3nn[nH]n3)cc2)c(=O)n2n1C1CCC2(COCC(=O)OC)CC1. The van der Waals surface area contributed by atoms with E-state index in [2.05, 4.69) is 62.6 Å². The monoisotopic (exact) mass is 556 g/mol. The molecule has 1 saturated carbocycles. The summed E-state index contributed by atoms with van der Waals surface area (Å²) in [4.78, 5) is 25.9. The Kier molecular flexibility index (Phi) is 7.57. The van der Waals surface area contributed by atoms with Crippen LogP contribution in [0.25, 0.3) is 22.5 Å². The van der Waals surface area contributed by atoms with Crippen LogP contribution in [0.1, 0.15) is 68.3 Å². The van der Waals surface area contributed by atoms with Gasteiger partial charge in [-0.25, -0.2) is 9.48 Å². The number of carbonyl (C=O) groups is 1. The van der Waals surface area contributed by atoms with Crippen LogP contribution in [0, 0.1) is 0 Å². The van der Waals surface area contributed by atoms with E-state index in [1.807, 2.05) is 22.9 Å². The maximum absolute atomic E-state index is 14.2. The Morgan fingerprint density at radius 2 is 1.85 bits per heavy atom. The molecule has 0 amide bonds. The van der Waals surface area contributed by atoms with Gasteiger partial charge in [0.05, 0.1) is 25.3 Å². The minimum absolute atomic E-state index is 0.0775. The molecule has 1 aliphatic carbocycles. The topological polar surface area (TPSA) is 117 Å². The van der Waals surface area contributed by atoms with Gasteiger partial charge in [0.1, 0.15) is 6.61 Å². The number of H-pyrrole nitrogens is 1. The molecule has 4 aromatic rings. The van der Waals surface area contributed by atoms with Crippen molar-refractivity contribution in [2.45, 2.75) is 69.9 Å². The second-order valence-corrected chi connectivity index (χ2v) is 11.2. The first-order valence-electron chi connectivity index (χ1n) is 14.5. The van der Waals surface area contributed by atoms with Crippen LogP contribution in [-0.4, -0.2) is 56.3 Å². The lowest BCUT2D eigenvalue weighted by molar-refractivity contribution is -0.148. The highest BCUT2D eigenvalue weighted by Gasteiger charge is 2.47. The Labute approximate surface area is 238 Å². The molecule has 2 bridgehead atoms. The molecule has 4 heterocycles. The number of unbranched alkanes of at least 4 members (excludes halogenated alkanes) is 1. The van der Waals surface area contributed by atoms with Crippen LogP contribution in [0.5, 0.6) is 0 Å². The number of esters is 1. The summed E-state index contributed by atoms with van der Waals surface area (Å²) in [5.41, 5.74) is 5.75. The number of methoxy groups -OCH3 is 1. The lowest BCUT2D eigenvalue weighted by Gasteiger charge is -2.49. The zero-order valence-electron chi connectivity index (χ0n) is 23.6. The maximum Gasteiger partial charge on any atom is 0.331 e. The fraction of sp³-hybridized carbons (Fsp3) is 0.452. The van der Waals surface area contributed by atoms with E-state index in [1.54, 1.807) is 0 Å². The van der Waals surface area contributed by atoms with Crippen molar-refractivity contribution in [3.05, 3.63) is 75.7 Å². The molecule has 10 heteroatoms. The van der Waals surface area contributed by atoms with E-state index < -0.39 is 11.5 Å². The molecule has 0 spiro atoms. The summed E-state index contributed by atoms with van der Waals surface area (Å²) >= 11 is 0. The van der Waals surface area contributed by atoms with E-state index in [-0.39, 0.29) is 12.2 Å². The highest BCUT2D eigenvalue weighted by Crippen LogP contribution is 2.46. The molecule has 2 aromatic carbocycles. The van der Waals surface area contributed by atoms with E-state index >= 15 is 0 Å². The number of hydrogen-bond donors (Lipinski definition) is 1. The maximum atomic E-state index is 14.2. The van der Waals surface area contributed by atoms with E-state index in [0.717, 1.165) is 78.5 Å². The Balaban J connectivity index is 1.33. The number of carbonyl (C=O) groups excluding carboxylic acids is 1. The summed E-state index contributed by atoms with van der Waals surface area (Å²) < 4.78 is 14.9. The first-order chi connectivity index (χ1) is 20.0. The molecule has 7 rings (SSSR count). The minimum atomic E-state index is -0.429. The van der Waals surface area contributed by atoms with Crippen LogP contribution < -0.4 is 5.56 Å². The molecule has 214 valence electrons. The molecule has 41 heavy (non-hydrogen) atoms. The predicted molar refractivity (Wildman–Crippen MR) is 153 cm³/mol. The molecule has 0 unspecified atom stereocenters. The van der Waals surface area contributed by atoms with Gasteiger partial charge >= 0.3 is 5.97 Å². The number of rotatable bonds is 11. The summed E-state index contributed by atoms with van der Waals surface area (Å²) in [6.45, 7) is 2.42. The summed E-state index contributed by atoms with van der Waals surface area (Å²) in [6, 6.07) is 16.7. The van der Waals surface area contributed by atoms with Crippen LogP contribution >= 0.6 is 0 Å². The molecule has 0 saturated heterocycles. The van der Waals surface area contributed by atoms with E-state index in [1.165, 1.54) is 7.11 Å². The third-order valence-electron chi connectivity index (χ3n) is 8.72. The van der Waals surface area contributed by atoms with Crippen molar-refractivity contribution < 1.29 is 14.3 Å². The predicted octanol–water partition coefficient (Wildman–Crippen LogP) is 4.44. The van der Waals surface area contributed by atoms with Crippen LogP contribution in [0.3, 0.4) is 0 Å². The van der Waals surface area contributed by atoms with Gasteiger partial charge in [0, 0.05) is 23.2 Å². The molecular formula is C31H36N6O4. The Morgan fingerprint density at radius 3 is 2.54 bits per heavy atom. The van der Waals surface area contributed by atoms with Gasteiger partial charge in [-0.1, -0.05) is 61.9 Å². The van der Waals surface area contributed by atoms with Gasteiger partial charge in [0.15, 0.2) is 0 Å². The number of aromatic amines is 1. The fourth-order valence-electron chi connectivity index (χ4n) is 6.62. The Hall–Kier alpha value is -4.05. The van der Waals surface area contributed by atoms with E-state index in [4.69, 9.17) is 9.47 Å². The highest BCUT2D eigenvalue weighted by atomic mass is 16.6. The zero-order valence-corrected chi connectivity index (χ0v) is 23.6. The molecule has 0 atom stereocenters. The smallest absolute Gasteiger partial charge is 0.331 e. The quantitative estimate of drug-likeness (QED) is 0.271. The van der Waals surface area contributed by atoms with Gasteiger partial charge in [-0.15, -0.1) is 10.2 Å². The minimum Gasteiger partial charge on any atom is -0.467 e. The molecule has 2 aromatic heterocycles. The molecule has 1 N–H and O–H groups in total. The second-order valence-electron chi connectivity index (χ2n) is 11.2. The summed E-state index contributed by atoms with van der Waals surface area (Å²) in [7, 11) is 1.36. The number of nitrogens with zero attached hydrogens (tertiary/aromatic N) is 5. The number of ether oxygens (including phenoxy) is 2. The van der Waals surface area contributed by atoms with Gasteiger partial charge in [-0.05, 0) is 60.4 Å². The van der Waals surface area contributed by atoms with Crippen molar-refractivity contribution in [1.29, 1.82) is 0 Å². The van der Waals surface area contributed by atoms with Crippen LogP contribution in [0.2, 0.25) is 0 Å². The van der Waals surface area contributed by atoms with Crippen molar-refractivity contribution in [3.63, 3.8) is 0 Å². The number of benzene rings is 2. The molecule has 3 aliphatic rings. The number of nitrogens with one attached hydrogen (secondary N) is 1. The van der Waals surface area contributed by atoms with Crippen LogP contribution in [0.15, 0.2) is 53.3 Å². The summed E-state index contributed by atoms with van der Waals surface area (Å²) in [5.74, 6) is 0.151. The van der Waals surface area contributed by atoms with E-state index in [0.29, 0.717) is 24.9 Å². The van der Waals surface area contributed by atoms with Crippen molar-refractivity contribution in [1.82, 2.24) is 30.0 Å². The van der Waals surface area contributed by atoms with Gasteiger partial charge < -0.3 is 9.47 Å². The van der Waals surface area contributed by atoms with Crippen molar-refractivity contribution in [2.24, 2.45) is 0 Å². The number of aromatic nitrogens is 6. The lowest BCUT2D eigenvalue weighted by atomic mass is 9.78. The molecule has 1 fully saturated rings. The number of hydrogen-bond acceptors (Lipinski definition) is 7. The van der Waals surface area contributed by atoms with E-state index in [9.17, 15) is 9.59 Å². The average molecular weight is 557 g/mol. The third kappa shape index (κ3) is 5.01. The third-order valence-corrected chi connectivity index (χ3v) is 8.72. The average Bonchev–Trinajstić information content (AvgIpc) is 3.65. The van der Waals surface area contributed by atoms with Crippen molar-refractivity contribution in [2.75, 3.05) is 20.3 Å². The molecule has 2 aliphatic heterocycles. The summed E-state index contributed by atoms with van der Waals surface area (Å²) in [6.07, 6.45) is 7.33. The van der Waals surface area contributed by atoms with Crippen LogP contribution in [-0.2, 0) is 32.6 Å². The van der Waals surface area contributed by atoms with Crippen molar-refractivity contribution >= 4 is 5.97 Å². The van der Waals surface area contributed by atoms with Gasteiger partial charge in [0.2, 0.25) is 5.82 Å². The number of fused-ring (bicyclic) bond motifs is 2.